The molecule has 0 fully saturated rings. The van der Waals surface area contributed by atoms with E-state index in [0.29, 0.717) is 5.75 Å². The second-order valence-corrected chi connectivity index (χ2v) is 5.04. The summed E-state index contributed by atoms with van der Waals surface area (Å²) in [7, 11) is -3.80. The Labute approximate surface area is 100 Å². The molecule has 4 nitrogen and oxygen atoms in total. The molecule has 0 aliphatic rings. The second-order valence-electron chi connectivity index (χ2n) is 3.49. The number of hydrogen-bond donors (Lipinski definition) is 0. The Hall–Kier alpha value is -1.88. The van der Waals surface area contributed by atoms with Crippen molar-refractivity contribution in [2.24, 2.45) is 0 Å². The molecule has 0 spiro atoms. The fourth-order valence-electron chi connectivity index (χ4n) is 1.31. The summed E-state index contributed by atoms with van der Waals surface area (Å²) < 4.78 is 28.8. The van der Waals surface area contributed by atoms with Crippen molar-refractivity contribution in [3.63, 3.8) is 0 Å². The highest BCUT2D eigenvalue weighted by Crippen LogP contribution is 2.21. The van der Waals surface area contributed by atoms with Gasteiger partial charge in [-0.25, -0.2) is 0 Å². The second kappa shape index (κ2) is 4.55. The summed E-state index contributed by atoms with van der Waals surface area (Å²) in [6, 6.07) is 9.94. The molecule has 0 radical (unpaired) electrons. The minimum Gasteiger partial charge on any atom is -0.379 e. The first-order valence-corrected chi connectivity index (χ1v) is 6.40. The lowest BCUT2D eigenvalue weighted by Crippen LogP contribution is -2.10. The molecular weight excluding hydrogens is 238 g/mol. The van der Waals surface area contributed by atoms with Crippen LogP contribution in [0.1, 0.15) is 5.56 Å². The molecular formula is C12H11NO3S. The minimum atomic E-state index is -3.80. The lowest BCUT2D eigenvalue weighted by atomic mass is 10.2. The molecule has 5 heteroatoms. The maximum atomic E-state index is 11.9. The van der Waals surface area contributed by atoms with E-state index in [0.717, 1.165) is 5.56 Å². The van der Waals surface area contributed by atoms with Crippen molar-refractivity contribution >= 4 is 10.1 Å². The summed E-state index contributed by atoms with van der Waals surface area (Å²) >= 11 is 0. The molecule has 0 bridgehead atoms. The van der Waals surface area contributed by atoms with E-state index >= 15 is 0 Å². The number of rotatable bonds is 3. The van der Waals surface area contributed by atoms with Crippen LogP contribution in [0.2, 0.25) is 0 Å². The molecule has 1 aromatic carbocycles. The third kappa shape index (κ3) is 2.62. The highest BCUT2D eigenvalue weighted by atomic mass is 32.2. The monoisotopic (exact) mass is 249 g/mol. The SMILES string of the molecule is Cc1ccccc1OS(=O)(=O)c1cccnc1. The summed E-state index contributed by atoms with van der Waals surface area (Å²) in [5.41, 5.74) is 0.764. The quantitative estimate of drug-likeness (QED) is 0.782. The highest BCUT2D eigenvalue weighted by molar-refractivity contribution is 7.87. The third-order valence-corrected chi connectivity index (χ3v) is 3.43. The Balaban J connectivity index is 2.34. The first-order chi connectivity index (χ1) is 8.09. The lowest BCUT2D eigenvalue weighted by molar-refractivity contribution is 0.484. The molecule has 0 amide bonds. The van der Waals surface area contributed by atoms with Crippen molar-refractivity contribution in [3.8, 4) is 5.75 Å². The smallest absolute Gasteiger partial charge is 0.340 e. The van der Waals surface area contributed by atoms with Gasteiger partial charge in [0.05, 0.1) is 0 Å². The summed E-state index contributed by atoms with van der Waals surface area (Å²) in [6.07, 6.45) is 2.76. The third-order valence-electron chi connectivity index (χ3n) is 2.22. The van der Waals surface area contributed by atoms with Gasteiger partial charge in [0.25, 0.3) is 0 Å². The van der Waals surface area contributed by atoms with E-state index in [4.69, 9.17) is 4.18 Å². The summed E-state index contributed by atoms with van der Waals surface area (Å²) in [4.78, 5) is 3.80. The van der Waals surface area contributed by atoms with E-state index in [9.17, 15) is 8.42 Å². The number of para-hydroxylation sites is 1. The number of nitrogens with zero attached hydrogens (tertiary/aromatic N) is 1. The lowest BCUT2D eigenvalue weighted by Gasteiger charge is -2.08. The van der Waals surface area contributed by atoms with Gasteiger partial charge >= 0.3 is 10.1 Å². The van der Waals surface area contributed by atoms with Gasteiger partial charge in [0, 0.05) is 12.4 Å². The van der Waals surface area contributed by atoms with Crippen LogP contribution < -0.4 is 4.18 Å². The van der Waals surface area contributed by atoms with Gasteiger partial charge in [0.15, 0.2) is 0 Å². The number of benzene rings is 1. The number of aryl methyl sites for hydroxylation is 1. The Bertz CT molecular complexity index is 609. The van der Waals surface area contributed by atoms with E-state index in [2.05, 4.69) is 4.98 Å². The standard InChI is InChI=1S/C12H11NO3S/c1-10-5-2-3-7-12(10)16-17(14,15)11-6-4-8-13-9-11/h2-9H,1H3. The number of hydrogen-bond acceptors (Lipinski definition) is 4. The zero-order valence-electron chi connectivity index (χ0n) is 9.20. The van der Waals surface area contributed by atoms with Crippen LogP contribution >= 0.6 is 0 Å². The molecule has 0 atom stereocenters. The number of pyridine rings is 1. The number of aromatic nitrogens is 1. The van der Waals surface area contributed by atoms with Crippen LogP contribution in [0.25, 0.3) is 0 Å². The van der Waals surface area contributed by atoms with E-state index in [1.165, 1.54) is 18.5 Å². The van der Waals surface area contributed by atoms with E-state index in [1.54, 1.807) is 31.2 Å². The molecule has 0 saturated carbocycles. The van der Waals surface area contributed by atoms with Gasteiger partial charge in [-0.15, -0.1) is 0 Å². The van der Waals surface area contributed by atoms with Crippen LogP contribution in [0.5, 0.6) is 5.75 Å². The molecule has 0 aliphatic heterocycles. The normalized spacial score (nSPS) is 11.1. The van der Waals surface area contributed by atoms with E-state index in [1.807, 2.05) is 6.07 Å². The Morgan fingerprint density at radius 3 is 2.53 bits per heavy atom. The topological polar surface area (TPSA) is 56.3 Å². The van der Waals surface area contributed by atoms with Crippen molar-refractivity contribution in [2.75, 3.05) is 0 Å². The maximum absolute atomic E-state index is 11.9. The van der Waals surface area contributed by atoms with Crippen LogP contribution in [-0.4, -0.2) is 13.4 Å². The van der Waals surface area contributed by atoms with Crippen LogP contribution in [0.3, 0.4) is 0 Å². The van der Waals surface area contributed by atoms with Crippen LogP contribution in [0.15, 0.2) is 53.7 Å². The maximum Gasteiger partial charge on any atom is 0.340 e. The molecule has 0 aliphatic carbocycles. The van der Waals surface area contributed by atoms with E-state index in [-0.39, 0.29) is 4.90 Å². The van der Waals surface area contributed by atoms with Crippen LogP contribution in [0, 0.1) is 6.92 Å². The molecule has 17 heavy (non-hydrogen) atoms. The molecule has 1 heterocycles. The Kier molecular flexibility index (Phi) is 3.10. The van der Waals surface area contributed by atoms with Crippen molar-refractivity contribution in [2.45, 2.75) is 11.8 Å². The Morgan fingerprint density at radius 1 is 1.12 bits per heavy atom. The van der Waals surface area contributed by atoms with Gasteiger partial charge in [-0.1, -0.05) is 18.2 Å². The van der Waals surface area contributed by atoms with Gasteiger partial charge in [-0.3, -0.25) is 4.98 Å². The van der Waals surface area contributed by atoms with Gasteiger partial charge in [-0.05, 0) is 30.7 Å². The molecule has 0 N–H and O–H groups in total. The highest BCUT2D eigenvalue weighted by Gasteiger charge is 2.17. The van der Waals surface area contributed by atoms with Crippen LogP contribution in [-0.2, 0) is 10.1 Å². The molecule has 1 aromatic heterocycles. The van der Waals surface area contributed by atoms with E-state index < -0.39 is 10.1 Å². The largest absolute Gasteiger partial charge is 0.379 e. The zero-order valence-corrected chi connectivity index (χ0v) is 10.0. The minimum absolute atomic E-state index is 0.0447. The first kappa shape index (κ1) is 11.6. The predicted molar refractivity (Wildman–Crippen MR) is 63.2 cm³/mol. The zero-order chi connectivity index (χ0) is 12.3. The van der Waals surface area contributed by atoms with Gasteiger partial charge in [-0.2, -0.15) is 8.42 Å². The first-order valence-electron chi connectivity index (χ1n) is 5.00. The fourth-order valence-corrected chi connectivity index (χ4v) is 2.27. The van der Waals surface area contributed by atoms with Gasteiger partial charge in [0.1, 0.15) is 10.6 Å². The molecule has 0 unspecified atom stereocenters. The summed E-state index contributed by atoms with van der Waals surface area (Å²) in [5.74, 6) is 0.330. The van der Waals surface area contributed by atoms with Crippen molar-refractivity contribution in [1.82, 2.24) is 4.98 Å². The van der Waals surface area contributed by atoms with Crippen molar-refractivity contribution in [3.05, 3.63) is 54.4 Å². The average Bonchev–Trinajstić information content (AvgIpc) is 2.33. The van der Waals surface area contributed by atoms with Gasteiger partial charge < -0.3 is 4.18 Å². The molecule has 2 rings (SSSR count). The Morgan fingerprint density at radius 2 is 1.88 bits per heavy atom. The molecule has 2 aromatic rings. The van der Waals surface area contributed by atoms with Crippen LogP contribution in [0.4, 0.5) is 0 Å². The molecule has 0 saturated heterocycles. The van der Waals surface area contributed by atoms with Crippen molar-refractivity contribution < 1.29 is 12.6 Å². The average molecular weight is 249 g/mol. The van der Waals surface area contributed by atoms with Gasteiger partial charge in [0.2, 0.25) is 0 Å². The fraction of sp³-hybridized carbons (Fsp3) is 0.0833. The molecule has 88 valence electrons. The predicted octanol–water partition coefficient (Wildman–Crippen LogP) is 2.16. The summed E-state index contributed by atoms with van der Waals surface area (Å²) in [5, 5.41) is 0. The van der Waals surface area contributed by atoms with Crippen molar-refractivity contribution in [1.29, 1.82) is 0 Å². The summed E-state index contributed by atoms with van der Waals surface area (Å²) in [6.45, 7) is 1.79.